The molecule has 0 fully saturated rings. The van der Waals surface area contributed by atoms with Crippen molar-refractivity contribution in [2.24, 2.45) is 5.73 Å². The molecule has 15 heavy (non-hydrogen) atoms. The Morgan fingerprint density at radius 3 is 2.27 bits per heavy atom. The van der Waals surface area contributed by atoms with Crippen LogP contribution in [0, 0.1) is 0 Å². The average Bonchev–Trinajstić information content (AvgIpc) is 2.15. The third-order valence-corrected chi connectivity index (χ3v) is 4.07. The normalized spacial score (nSPS) is 13.8. The molecule has 0 heterocycles. The number of rotatable bonds is 4. The lowest BCUT2D eigenvalue weighted by atomic mass is 10.1. The molecule has 84 valence electrons. The van der Waals surface area contributed by atoms with Crippen molar-refractivity contribution >= 4 is 21.4 Å². The van der Waals surface area contributed by atoms with Crippen molar-refractivity contribution in [2.75, 3.05) is 12.8 Å². The Morgan fingerprint density at radius 2 is 1.87 bits per heavy atom. The predicted molar refractivity (Wildman–Crippen MR) is 62.8 cm³/mol. The summed E-state index contributed by atoms with van der Waals surface area (Å²) in [5, 5.41) is 0.126. The molecule has 0 radical (unpaired) electrons. The minimum absolute atomic E-state index is 0.140. The number of hydrogen-bond donors (Lipinski definition) is 1. The molecule has 1 aromatic carbocycles. The van der Waals surface area contributed by atoms with E-state index in [-0.39, 0.29) is 6.54 Å². The van der Waals surface area contributed by atoms with Crippen LogP contribution in [0.15, 0.2) is 24.3 Å². The van der Waals surface area contributed by atoms with Gasteiger partial charge in [-0.1, -0.05) is 23.7 Å². The van der Waals surface area contributed by atoms with Gasteiger partial charge in [0.1, 0.15) is 0 Å². The molecule has 5 heteroatoms. The van der Waals surface area contributed by atoms with Gasteiger partial charge in [0.25, 0.3) is 0 Å². The second kappa shape index (κ2) is 4.96. The van der Waals surface area contributed by atoms with Gasteiger partial charge in [0.2, 0.25) is 0 Å². The van der Waals surface area contributed by atoms with Crippen LogP contribution < -0.4 is 5.73 Å². The van der Waals surface area contributed by atoms with Crippen LogP contribution in [0.2, 0.25) is 5.02 Å². The van der Waals surface area contributed by atoms with Gasteiger partial charge >= 0.3 is 0 Å². The molecule has 0 aliphatic heterocycles. The predicted octanol–water partition coefficient (Wildman–Crippen LogP) is 1.25. The fourth-order valence-corrected chi connectivity index (χ4v) is 2.26. The summed E-state index contributed by atoms with van der Waals surface area (Å²) in [5.74, 6) is 0. The number of nitrogens with two attached hydrogens (primary N) is 1. The highest BCUT2D eigenvalue weighted by molar-refractivity contribution is 7.91. The maximum Gasteiger partial charge on any atom is 0.151 e. The Labute approximate surface area is 95.2 Å². The molecule has 1 rings (SSSR count). The largest absolute Gasteiger partial charge is 0.329 e. The summed E-state index contributed by atoms with van der Waals surface area (Å²) in [6, 6.07) is 7.12. The summed E-state index contributed by atoms with van der Waals surface area (Å²) in [4.78, 5) is 0. The SMILES string of the molecule is CS(=O)(=O)C(CN)Cc1ccc(Cl)cc1. The molecule has 0 aliphatic rings. The average molecular weight is 248 g/mol. The molecule has 0 saturated carbocycles. The summed E-state index contributed by atoms with van der Waals surface area (Å²) in [6.45, 7) is 0.140. The monoisotopic (exact) mass is 247 g/mol. The van der Waals surface area contributed by atoms with E-state index in [4.69, 9.17) is 17.3 Å². The number of halogens is 1. The van der Waals surface area contributed by atoms with Crippen molar-refractivity contribution in [2.45, 2.75) is 11.7 Å². The maximum absolute atomic E-state index is 11.3. The van der Waals surface area contributed by atoms with E-state index in [1.807, 2.05) is 12.1 Å². The van der Waals surface area contributed by atoms with E-state index >= 15 is 0 Å². The van der Waals surface area contributed by atoms with Gasteiger partial charge < -0.3 is 5.73 Å². The third kappa shape index (κ3) is 3.81. The molecule has 0 amide bonds. The Bertz CT molecular complexity index is 414. The van der Waals surface area contributed by atoms with E-state index in [0.29, 0.717) is 11.4 Å². The van der Waals surface area contributed by atoms with Crippen LogP contribution in [-0.4, -0.2) is 26.5 Å². The van der Waals surface area contributed by atoms with Crippen molar-refractivity contribution in [3.8, 4) is 0 Å². The smallest absolute Gasteiger partial charge is 0.151 e. The van der Waals surface area contributed by atoms with Crippen LogP contribution in [-0.2, 0) is 16.3 Å². The maximum atomic E-state index is 11.3. The summed E-state index contributed by atoms with van der Waals surface area (Å²) in [7, 11) is -3.08. The van der Waals surface area contributed by atoms with Gasteiger partial charge in [0.05, 0.1) is 5.25 Å². The van der Waals surface area contributed by atoms with Crippen LogP contribution in [0.4, 0.5) is 0 Å². The third-order valence-electron chi connectivity index (χ3n) is 2.25. The van der Waals surface area contributed by atoms with E-state index in [2.05, 4.69) is 0 Å². The van der Waals surface area contributed by atoms with Crippen molar-refractivity contribution in [1.82, 2.24) is 0 Å². The Kier molecular flexibility index (Phi) is 4.13. The molecular formula is C10H14ClNO2S. The lowest BCUT2D eigenvalue weighted by Crippen LogP contribution is -2.30. The molecule has 1 atom stereocenters. The van der Waals surface area contributed by atoms with E-state index in [1.165, 1.54) is 6.26 Å². The molecule has 0 aliphatic carbocycles. The Hall–Kier alpha value is -0.580. The van der Waals surface area contributed by atoms with E-state index in [1.54, 1.807) is 12.1 Å². The minimum Gasteiger partial charge on any atom is -0.329 e. The highest BCUT2D eigenvalue weighted by Crippen LogP contribution is 2.13. The van der Waals surface area contributed by atoms with Gasteiger partial charge in [-0.2, -0.15) is 0 Å². The molecule has 2 N–H and O–H groups in total. The van der Waals surface area contributed by atoms with Crippen molar-refractivity contribution in [3.63, 3.8) is 0 Å². The number of benzene rings is 1. The second-order valence-electron chi connectivity index (χ2n) is 3.52. The first-order valence-electron chi connectivity index (χ1n) is 4.57. The van der Waals surface area contributed by atoms with Crippen molar-refractivity contribution in [1.29, 1.82) is 0 Å². The lowest BCUT2D eigenvalue weighted by molar-refractivity contribution is 0.584. The van der Waals surface area contributed by atoms with Crippen LogP contribution in [0.25, 0.3) is 0 Å². The lowest BCUT2D eigenvalue weighted by Gasteiger charge is -2.12. The fraction of sp³-hybridized carbons (Fsp3) is 0.400. The van der Waals surface area contributed by atoms with Gasteiger partial charge in [0, 0.05) is 17.8 Å². The topological polar surface area (TPSA) is 60.2 Å². The first-order chi connectivity index (χ1) is 6.93. The standard InChI is InChI=1S/C10H14ClNO2S/c1-15(13,14)10(7-12)6-8-2-4-9(11)5-3-8/h2-5,10H,6-7,12H2,1H3. The quantitative estimate of drug-likeness (QED) is 0.871. The molecule has 3 nitrogen and oxygen atoms in total. The zero-order valence-corrected chi connectivity index (χ0v) is 10.1. The summed E-state index contributed by atoms with van der Waals surface area (Å²) < 4.78 is 22.7. The van der Waals surface area contributed by atoms with Gasteiger partial charge in [0.15, 0.2) is 9.84 Å². The molecule has 0 spiro atoms. The molecule has 1 unspecified atom stereocenters. The first kappa shape index (κ1) is 12.5. The molecule has 0 aromatic heterocycles. The van der Waals surface area contributed by atoms with Crippen LogP contribution in [0.5, 0.6) is 0 Å². The number of hydrogen-bond acceptors (Lipinski definition) is 3. The van der Waals surface area contributed by atoms with E-state index in [9.17, 15) is 8.42 Å². The first-order valence-corrected chi connectivity index (χ1v) is 6.90. The van der Waals surface area contributed by atoms with E-state index in [0.717, 1.165) is 5.56 Å². The summed E-state index contributed by atoms with van der Waals surface area (Å²) >= 11 is 5.73. The van der Waals surface area contributed by atoms with Crippen molar-refractivity contribution in [3.05, 3.63) is 34.9 Å². The zero-order chi connectivity index (χ0) is 11.5. The van der Waals surface area contributed by atoms with Gasteiger partial charge in [-0.15, -0.1) is 0 Å². The Balaban J connectivity index is 2.80. The molecule has 1 aromatic rings. The fourth-order valence-electron chi connectivity index (χ4n) is 1.29. The van der Waals surface area contributed by atoms with Gasteiger partial charge in [-0.3, -0.25) is 0 Å². The molecule has 0 bridgehead atoms. The van der Waals surface area contributed by atoms with E-state index < -0.39 is 15.1 Å². The Morgan fingerprint density at radius 1 is 1.33 bits per heavy atom. The van der Waals surface area contributed by atoms with Gasteiger partial charge in [-0.05, 0) is 24.1 Å². The highest BCUT2D eigenvalue weighted by Gasteiger charge is 2.18. The molecular weight excluding hydrogens is 234 g/mol. The van der Waals surface area contributed by atoms with Crippen molar-refractivity contribution < 1.29 is 8.42 Å². The van der Waals surface area contributed by atoms with Crippen LogP contribution in [0.1, 0.15) is 5.56 Å². The van der Waals surface area contributed by atoms with Crippen LogP contribution in [0.3, 0.4) is 0 Å². The summed E-state index contributed by atoms with van der Waals surface area (Å²) in [5.41, 5.74) is 6.36. The zero-order valence-electron chi connectivity index (χ0n) is 8.48. The second-order valence-corrected chi connectivity index (χ2v) is 6.28. The number of sulfone groups is 1. The summed E-state index contributed by atoms with van der Waals surface area (Å²) in [6.07, 6.45) is 1.65. The minimum atomic E-state index is -3.08. The molecule has 0 saturated heterocycles. The van der Waals surface area contributed by atoms with Gasteiger partial charge in [-0.25, -0.2) is 8.42 Å². The highest BCUT2D eigenvalue weighted by atomic mass is 35.5. The van der Waals surface area contributed by atoms with Crippen LogP contribution >= 0.6 is 11.6 Å².